The highest BCUT2D eigenvalue weighted by molar-refractivity contribution is 7.89. The molecule has 0 unspecified atom stereocenters. The van der Waals surface area contributed by atoms with Crippen LogP contribution < -0.4 is 4.90 Å². The highest BCUT2D eigenvalue weighted by atomic mass is 35.5. The summed E-state index contributed by atoms with van der Waals surface area (Å²) >= 11 is 5.81. The highest BCUT2D eigenvalue weighted by Crippen LogP contribution is 2.25. The Morgan fingerprint density at radius 3 is 2.19 bits per heavy atom. The number of anilines is 1. The van der Waals surface area contributed by atoms with Gasteiger partial charge in [-0.2, -0.15) is 4.31 Å². The number of hydrogen-bond acceptors (Lipinski definition) is 4. The Bertz CT molecular complexity index is 924. The normalized spacial score (nSPS) is 15.9. The van der Waals surface area contributed by atoms with Crippen molar-refractivity contribution in [1.29, 1.82) is 0 Å². The van der Waals surface area contributed by atoms with Crippen molar-refractivity contribution in [2.75, 3.05) is 31.1 Å². The second-order valence-electron chi connectivity index (χ2n) is 6.07. The van der Waals surface area contributed by atoms with Crippen molar-refractivity contribution in [3.05, 3.63) is 58.9 Å². The Labute approximate surface area is 157 Å². The fourth-order valence-corrected chi connectivity index (χ4v) is 4.46. The number of ketones is 1. The lowest BCUT2D eigenvalue weighted by molar-refractivity contribution is 0.101. The minimum atomic E-state index is -3.60. The molecule has 0 spiro atoms. The topological polar surface area (TPSA) is 57.7 Å². The van der Waals surface area contributed by atoms with Gasteiger partial charge in [0.25, 0.3) is 0 Å². The first-order chi connectivity index (χ1) is 12.3. The Balaban J connectivity index is 1.73. The maximum atomic E-state index is 14.3. The number of nitrogens with zero attached hydrogens (tertiary/aromatic N) is 2. The molecular weight excluding hydrogens is 379 g/mol. The smallest absolute Gasteiger partial charge is 0.243 e. The van der Waals surface area contributed by atoms with E-state index in [2.05, 4.69) is 0 Å². The van der Waals surface area contributed by atoms with E-state index in [1.807, 2.05) is 0 Å². The number of carbonyl (C=O) groups is 1. The standard InChI is InChI=1S/C18H18ClFN2O3S/c1-13(23)14-2-7-18(17(20)12-14)21-8-10-22(11-9-21)26(24,25)16-5-3-15(19)4-6-16/h2-7,12H,8-11H2,1H3. The molecule has 1 heterocycles. The molecule has 0 radical (unpaired) electrons. The molecule has 2 aromatic carbocycles. The van der Waals surface area contributed by atoms with Gasteiger partial charge in [-0.25, -0.2) is 12.8 Å². The summed E-state index contributed by atoms with van der Waals surface area (Å²) in [6.45, 7) is 2.61. The number of halogens is 2. The molecule has 3 rings (SSSR count). The van der Waals surface area contributed by atoms with Crippen LogP contribution in [0.1, 0.15) is 17.3 Å². The molecular formula is C18H18ClFN2O3S. The van der Waals surface area contributed by atoms with E-state index in [1.165, 1.54) is 41.6 Å². The highest BCUT2D eigenvalue weighted by Gasteiger charge is 2.29. The van der Waals surface area contributed by atoms with E-state index in [0.29, 0.717) is 29.4 Å². The quantitative estimate of drug-likeness (QED) is 0.745. The molecule has 26 heavy (non-hydrogen) atoms. The van der Waals surface area contributed by atoms with Gasteiger partial charge in [0, 0.05) is 36.8 Å². The lowest BCUT2D eigenvalue weighted by atomic mass is 10.1. The van der Waals surface area contributed by atoms with Gasteiger partial charge in [-0.1, -0.05) is 11.6 Å². The maximum Gasteiger partial charge on any atom is 0.243 e. The molecule has 138 valence electrons. The second-order valence-corrected chi connectivity index (χ2v) is 8.44. The first kappa shape index (κ1) is 18.8. The third-order valence-electron chi connectivity index (χ3n) is 4.38. The van der Waals surface area contributed by atoms with E-state index in [1.54, 1.807) is 17.0 Å². The van der Waals surface area contributed by atoms with Crippen LogP contribution in [0.25, 0.3) is 0 Å². The largest absolute Gasteiger partial charge is 0.367 e. The number of Topliss-reactive ketones (excluding diaryl/α,β-unsaturated/α-hetero) is 1. The lowest BCUT2D eigenvalue weighted by Gasteiger charge is -2.35. The number of benzene rings is 2. The van der Waals surface area contributed by atoms with E-state index >= 15 is 0 Å². The van der Waals surface area contributed by atoms with Crippen LogP contribution in [0.4, 0.5) is 10.1 Å². The van der Waals surface area contributed by atoms with Gasteiger partial charge in [0.1, 0.15) is 5.82 Å². The van der Waals surface area contributed by atoms with Gasteiger partial charge in [-0.15, -0.1) is 0 Å². The van der Waals surface area contributed by atoms with E-state index in [9.17, 15) is 17.6 Å². The monoisotopic (exact) mass is 396 g/mol. The van der Waals surface area contributed by atoms with Gasteiger partial charge in [0.15, 0.2) is 5.78 Å². The summed E-state index contributed by atoms with van der Waals surface area (Å²) in [6, 6.07) is 10.4. The summed E-state index contributed by atoms with van der Waals surface area (Å²) in [5.41, 5.74) is 0.689. The minimum absolute atomic E-state index is 0.187. The van der Waals surface area contributed by atoms with E-state index in [0.717, 1.165) is 0 Å². The second kappa shape index (κ2) is 7.34. The average Bonchev–Trinajstić information content (AvgIpc) is 2.62. The van der Waals surface area contributed by atoms with Crippen molar-refractivity contribution >= 4 is 33.1 Å². The Kier molecular flexibility index (Phi) is 5.32. The van der Waals surface area contributed by atoms with E-state index in [-0.39, 0.29) is 23.8 Å². The molecule has 2 aromatic rings. The molecule has 0 amide bonds. The lowest BCUT2D eigenvalue weighted by Crippen LogP contribution is -2.48. The Morgan fingerprint density at radius 2 is 1.65 bits per heavy atom. The molecule has 1 saturated heterocycles. The molecule has 8 heteroatoms. The van der Waals surface area contributed by atoms with E-state index < -0.39 is 15.8 Å². The third kappa shape index (κ3) is 3.75. The third-order valence-corrected chi connectivity index (χ3v) is 6.55. The molecule has 0 aliphatic carbocycles. The molecule has 1 fully saturated rings. The van der Waals surface area contributed by atoms with Crippen molar-refractivity contribution < 1.29 is 17.6 Å². The summed E-state index contributed by atoms with van der Waals surface area (Å²) in [5.74, 6) is -0.680. The summed E-state index contributed by atoms with van der Waals surface area (Å²) < 4.78 is 41.0. The number of piperazine rings is 1. The van der Waals surface area contributed by atoms with Crippen LogP contribution in [0, 0.1) is 5.82 Å². The summed E-state index contributed by atoms with van der Waals surface area (Å²) in [4.78, 5) is 13.3. The molecule has 0 bridgehead atoms. The molecule has 0 saturated carbocycles. The molecule has 1 aliphatic rings. The predicted molar refractivity (Wildman–Crippen MR) is 98.8 cm³/mol. The maximum absolute atomic E-state index is 14.3. The van der Waals surface area contributed by atoms with E-state index in [4.69, 9.17) is 11.6 Å². The predicted octanol–water partition coefficient (Wildman–Crippen LogP) is 3.19. The average molecular weight is 397 g/mol. The fraction of sp³-hybridized carbons (Fsp3) is 0.278. The number of carbonyl (C=O) groups excluding carboxylic acids is 1. The minimum Gasteiger partial charge on any atom is -0.367 e. The van der Waals surface area contributed by atoms with Crippen LogP contribution >= 0.6 is 11.6 Å². The zero-order valence-corrected chi connectivity index (χ0v) is 15.7. The molecule has 5 nitrogen and oxygen atoms in total. The van der Waals surface area contributed by atoms with Gasteiger partial charge in [-0.3, -0.25) is 4.79 Å². The zero-order valence-electron chi connectivity index (χ0n) is 14.2. The van der Waals surface area contributed by atoms with Crippen LogP contribution in [-0.4, -0.2) is 44.7 Å². The van der Waals surface area contributed by atoms with Gasteiger partial charge >= 0.3 is 0 Å². The van der Waals surface area contributed by atoms with Crippen LogP contribution in [0.3, 0.4) is 0 Å². The van der Waals surface area contributed by atoms with Crippen molar-refractivity contribution in [3.8, 4) is 0 Å². The number of hydrogen-bond donors (Lipinski definition) is 0. The Morgan fingerprint density at radius 1 is 1.04 bits per heavy atom. The SMILES string of the molecule is CC(=O)c1ccc(N2CCN(S(=O)(=O)c3ccc(Cl)cc3)CC2)c(F)c1. The fourth-order valence-electron chi connectivity index (χ4n) is 2.91. The molecule has 1 aliphatic heterocycles. The first-order valence-electron chi connectivity index (χ1n) is 8.10. The summed E-state index contributed by atoms with van der Waals surface area (Å²) in [7, 11) is -3.60. The number of sulfonamides is 1. The number of rotatable bonds is 4. The summed E-state index contributed by atoms with van der Waals surface area (Å²) in [6.07, 6.45) is 0. The van der Waals surface area contributed by atoms with Crippen LogP contribution in [0.5, 0.6) is 0 Å². The molecule has 0 atom stereocenters. The van der Waals surface area contributed by atoms with Gasteiger partial charge in [0.05, 0.1) is 10.6 Å². The summed E-state index contributed by atoms with van der Waals surface area (Å²) in [5, 5.41) is 0.471. The van der Waals surface area contributed by atoms with Crippen molar-refractivity contribution in [1.82, 2.24) is 4.31 Å². The molecule has 0 aromatic heterocycles. The Hall–Kier alpha value is -1.96. The van der Waals surface area contributed by atoms with Crippen LogP contribution in [0.2, 0.25) is 5.02 Å². The van der Waals surface area contributed by atoms with Crippen molar-refractivity contribution in [3.63, 3.8) is 0 Å². The van der Waals surface area contributed by atoms with Crippen molar-refractivity contribution in [2.24, 2.45) is 0 Å². The molecule has 0 N–H and O–H groups in total. The van der Waals surface area contributed by atoms with Gasteiger partial charge in [-0.05, 0) is 49.4 Å². The zero-order chi connectivity index (χ0) is 18.9. The van der Waals surface area contributed by atoms with Crippen molar-refractivity contribution in [2.45, 2.75) is 11.8 Å². The van der Waals surface area contributed by atoms with Gasteiger partial charge in [0.2, 0.25) is 10.0 Å². The van der Waals surface area contributed by atoms with Crippen LogP contribution in [-0.2, 0) is 10.0 Å². The van der Waals surface area contributed by atoms with Crippen LogP contribution in [0.15, 0.2) is 47.4 Å². The first-order valence-corrected chi connectivity index (χ1v) is 9.92. The van der Waals surface area contributed by atoms with Gasteiger partial charge < -0.3 is 4.90 Å².